The largest absolute Gasteiger partial charge is 0.486 e. The minimum Gasteiger partial charge on any atom is -0.486 e. The van der Waals surface area contributed by atoms with E-state index < -0.39 is 20.6 Å². The Bertz CT molecular complexity index is 827. The van der Waals surface area contributed by atoms with Crippen LogP contribution in [0.5, 0.6) is 11.5 Å². The Kier molecular flexibility index (Phi) is 3.85. The maximum absolute atomic E-state index is 13.1. The van der Waals surface area contributed by atoms with Gasteiger partial charge in [-0.2, -0.15) is 4.31 Å². The van der Waals surface area contributed by atoms with Crippen molar-refractivity contribution in [1.29, 1.82) is 0 Å². The SMILES string of the molecule is NC1CCC2CN(S(=O)(=O)c3cc4c(cc3[N+](=O)[O-])OCCO4)CC12. The molecule has 10 heteroatoms. The van der Waals surface area contributed by atoms with Crippen molar-refractivity contribution in [2.75, 3.05) is 26.3 Å². The highest BCUT2D eigenvalue weighted by Crippen LogP contribution is 2.43. The van der Waals surface area contributed by atoms with Gasteiger partial charge in [-0.05, 0) is 24.7 Å². The first-order valence-electron chi connectivity index (χ1n) is 8.21. The molecule has 2 fully saturated rings. The van der Waals surface area contributed by atoms with E-state index in [1.807, 2.05) is 0 Å². The zero-order chi connectivity index (χ0) is 17.8. The number of fused-ring (bicyclic) bond motifs is 2. The highest BCUT2D eigenvalue weighted by atomic mass is 32.2. The highest BCUT2D eigenvalue weighted by molar-refractivity contribution is 7.89. The summed E-state index contributed by atoms with van der Waals surface area (Å²) in [7, 11) is -4.01. The van der Waals surface area contributed by atoms with Crippen LogP contribution in [-0.2, 0) is 10.0 Å². The van der Waals surface area contributed by atoms with Crippen LogP contribution >= 0.6 is 0 Å². The number of rotatable bonds is 3. The summed E-state index contributed by atoms with van der Waals surface area (Å²) in [5, 5.41) is 11.4. The van der Waals surface area contributed by atoms with E-state index >= 15 is 0 Å². The molecule has 2 heterocycles. The van der Waals surface area contributed by atoms with E-state index in [1.165, 1.54) is 10.4 Å². The van der Waals surface area contributed by atoms with E-state index in [9.17, 15) is 18.5 Å². The Balaban J connectivity index is 1.74. The average Bonchev–Trinajstić information content (AvgIpc) is 3.16. The summed E-state index contributed by atoms with van der Waals surface area (Å²) in [4.78, 5) is 10.4. The van der Waals surface area contributed by atoms with Gasteiger partial charge in [0.05, 0.1) is 11.0 Å². The van der Waals surface area contributed by atoms with Crippen LogP contribution in [0.3, 0.4) is 0 Å². The zero-order valence-corrected chi connectivity index (χ0v) is 14.3. The summed E-state index contributed by atoms with van der Waals surface area (Å²) in [6.07, 6.45) is 1.79. The second kappa shape index (κ2) is 5.82. The molecule has 0 radical (unpaired) electrons. The normalized spacial score (nSPS) is 28.8. The molecule has 2 aliphatic heterocycles. The fourth-order valence-corrected chi connectivity index (χ4v) is 5.70. The lowest BCUT2D eigenvalue weighted by Crippen LogP contribution is -2.34. The number of benzene rings is 1. The summed E-state index contributed by atoms with van der Waals surface area (Å²) in [6, 6.07) is 2.32. The first-order valence-corrected chi connectivity index (χ1v) is 9.65. The topological polar surface area (TPSA) is 125 Å². The quantitative estimate of drug-likeness (QED) is 0.615. The first-order chi connectivity index (χ1) is 11.9. The molecule has 0 amide bonds. The standard InChI is InChI=1S/C15H19N3O6S/c16-11-2-1-9-7-17(8-10(9)11)25(21,22)15-6-14-13(23-3-4-24-14)5-12(15)18(19)20/h5-6,9-11H,1-4,7-8,16H2. The van der Waals surface area contributed by atoms with Crippen molar-refractivity contribution in [2.45, 2.75) is 23.8 Å². The molecule has 1 saturated heterocycles. The van der Waals surface area contributed by atoms with E-state index in [2.05, 4.69) is 0 Å². The number of nitrogens with two attached hydrogens (primary N) is 1. The lowest BCUT2D eigenvalue weighted by Gasteiger charge is -2.21. The van der Waals surface area contributed by atoms with Crippen LogP contribution in [0.15, 0.2) is 17.0 Å². The molecule has 9 nitrogen and oxygen atoms in total. The Morgan fingerprint density at radius 2 is 1.84 bits per heavy atom. The van der Waals surface area contributed by atoms with Gasteiger partial charge in [0.1, 0.15) is 13.2 Å². The molecule has 3 atom stereocenters. The molecule has 4 rings (SSSR count). The van der Waals surface area contributed by atoms with Crippen LogP contribution in [0, 0.1) is 22.0 Å². The lowest BCUT2D eigenvalue weighted by molar-refractivity contribution is -0.388. The number of sulfonamides is 1. The predicted octanol–water partition coefficient (Wildman–Crippen LogP) is 0.724. The van der Waals surface area contributed by atoms with Crippen LogP contribution in [0.4, 0.5) is 5.69 Å². The van der Waals surface area contributed by atoms with Gasteiger partial charge in [0.25, 0.3) is 5.69 Å². The Morgan fingerprint density at radius 1 is 1.16 bits per heavy atom. The predicted molar refractivity (Wildman–Crippen MR) is 87.0 cm³/mol. The van der Waals surface area contributed by atoms with Crippen LogP contribution in [0.2, 0.25) is 0 Å². The van der Waals surface area contributed by atoms with Crippen molar-refractivity contribution >= 4 is 15.7 Å². The molecule has 2 N–H and O–H groups in total. The molecule has 1 aliphatic carbocycles. The molecule has 0 bridgehead atoms. The number of nitro groups is 1. The minimum atomic E-state index is -4.01. The summed E-state index contributed by atoms with van der Waals surface area (Å²) in [5.41, 5.74) is 5.57. The van der Waals surface area contributed by atoms with E-state index in [-0.39, 0.29) is 47.5 Å². The van der Waals surface area contributed by atoms with Gasteiger partial charge in [-0.15, -0.1) is 0 Å². The molecule has 0 spiro atoms. The maximum Gasteiger partial charge on any atom is 0.293 e. The van der Waals surface area contributed by atoms with Gasteiger partial charge in [0, 0.05) is 25.2 Å². The van der Waals surface area contributed by atoms with Gasteiger partial charge >= 0.3 is 0 Å². The minimum absolute atomic E-state index is 0.0135. The van der Waals surface area contributed by atoms with Crippen molar-refractivity contribution in [2.24, 2.45) is 17.6 Å². The van der Waals surface area contributed by atoms with Gasteiger partial charge in [-0.3, -0.25) is 10.1 Å². The van der Waals surface area contributed by atoms with Crippen molar-refractivity contribution in [3.8, 4) is 11.5 Å². The number of ether oxygens (including phenoxy) is 2. The number of nitro benzene ring substituents is 1. The molecule has 1 aromatic rings. The third-order valence-electron chi connectivity index (χ3n) is 5.32. The van der Waals surface area contributed by atoms with Gasteiger partial charge < -0.3 is 15.2 Å². The van der Waals surface area contributed by atoms with E-state index in [1.54, 1.807) is 0 Å². The van der Waals surface area contributed by atoms with Crippen molar-refractivity contribution in [1.82, 2.24) is 4.31 Å². The lowest BCUT2D eigenvalue weighted by atomic mass is 9.98. The Morgan fingerprint density at radius 3 is 2.48 bits per heavy atom. The first kappa shape index (κ1) is 16.6. The fraction of sp³-hybridized carbons (Fsp3) is 0.600. The monoisotopic (exact) mass is 369 g/mol. The summed E-state index contributed by atoms with van der Waals surface area (Å²) in [5.74, 6) is 0.746. The van der Waals surface area contributed by atoms with Gasteiger partial charge in [-0.25, -0.2) is 8.42 Å². The molecular formula is C15H19N3O6S. The van der Waals surface area contributed by atoms with Gasteiger partial charge in [0.15, 0.2) is 16.4 Å². The van der Waals surface area contributed by atoms with Crippen molar-refractivity contribution in [3.05, 3.63) is 22.2 Å². The molecule has 1 saturated carbocycles. The second-order valence-corrected chi connectivity index (χ2v) is 8.61. The van der Waals surface area contributed by atoms with Gasteiger partial charge in [0.2, 0.25) is 10.0 Å². The third kappa shape index (κ3) is 2.64. The van der Waals surface area contributed by atoms with Gasteiger partial charge in [-0.1, -0.05) is 0 Å². The van der Waals surface area contributed by atoms with Crippen molar-refractivity contribution in [3.63, 3.8) is 0 Å². The molecular weight excluding hydrogens is 350 g/mol. The summed E-state index contributed by atoms with van der Waals surface area (Å²) >= 11 is 0. The summed E-state index contributed by atoms with van der Waals surface area (Å²) in [6.45, 7) is 1.20. The van der Waals surface area contributed by atoms with Crippen molar-refractivity contribution < 1.29 is 22.8 Å². The van der Waals surface area contributed by atoms with Crippen LogP contribution < -0.4 is 15.2 Å². The van der Waals surface area contributed by atoms with E-state index in [0.29, 0.717) is 13.1 Å². The molecule has 0 aromatic heterocycles. The average molecular weight is 369 g/mol. The molecule has 25 heavy (non-hydrogen) atoms. The number of hydrogen-bond donors (Lipinski definition) is 1. The number of nitrogens with zero attached hydrogens (tertiary/aromatic N) is 2. The third-order valence-corrected chi connectivity index (χ3v) is 7.18. The zero-order valence-electron chi connectivity index (χ0n) is 13.5. The van der Waals surface area contributed by atoms with E-state index in [0.717, 1.165) is 18.9 Å². The Hall–Kier alpha value is -1.91. The molecule has 3 aliphatic rings. The Labute approximate surface area is 144 Å². The molecule has 1 aromatic carbocycles. The highest BCUT2D eigenvalue weighted by Gasteiger charge is 2.46. The molecule has 136 valence electrons. The van der Waals surface area contributed by atoms with Crippen LogP contribution in [0.25, 0.3) is 0 Å². The smallest absolute Gasteiger partial charge is 0.293 e. The maximum atomic E-state index is 13.1. The van der Waals surface area contributed by atoms with Crippen LogP contribution in [0.1, 0.15) is 12.8 Å². The summed E-state index contributed by atoms with van der Waals surface area (Å²) < 4.78 is 38.2. The van der Waals surface area contributed by atoms with E-state index in [4.69, 9.17) is 15.2 Å². The fourth-order valence-electron chi connectivity index (χ4n) is 4.01. The molecule has 3 unspecified atom stereocenters. The number of hydrogen-bond acceptors (Lipinski definition) is 7. The van der Waals surface area contributed by atoms with Crippen LogP contribution in [-0.4, -0.2) is 50.0 Å². The second-order valence-electron chi connectivity index (χ2n) is 6.71.